The number of oxime groups is 1. The van der Waals surface area contributed by atoms with Crippen molar-refractivity contribution in [2.75, 3.05) is 0 Å². The molecule has 5 heteroatoms. The number of benzene rings is 2. The van der Waals surface area contributed by atoms with Gasteiger partial charge in [-0.15, -0.1) is 0 Å². The molecule has 3 rings (SSSR count). The standard InChI is InChI=1S/C17H16N2O3/c20-17-15(18-22-12-13-7-3-1-4-8-13)11-16(19(17)21)14-9-5-2-6-10-14/h1-10,16,21H,11-12H2/b18-15-. The molecule has 5 nitrogen and oxygen atoms in total. The molecule has 112 valence electrons. The number of carbonyl (C=O) groups excluding carboxylic acids is 1. The van der Waals surface area contributed by atoms with Crippen LogP contribution in [0.25, 0.3) is 0 Å². The third kappa shape index (κ3) is 2.99. The summed E-state index contributed by atoms with van der Waals surface area (Å²) in [6.07, 6.45) is 0.328. The Morgan fingerprint density at radius 2 is 1.73 bits per heavy atom. The first-order valence-corrected chi connectivity index (χ1v) is 7.06. The van der Waals surface area contributed by atoms with Crippen molar-refractivity contribution in [1.82, 2.24) is 5.06 Å². The first kappa shape index (κ1) is 14.3. The number of hydroxylamine groups is 2. The maximum atomic E-state index is 12.0. The molecule has 0 spiro atoms. The van der Waals surface area contributed by atoms with Crippen molar-refractivity contribution in [3.63, 3.8) is 0 Å². The number of amides is 1. The maximum Gasteiger partial charge on any atom is 0.295 e. The van der Waals surface area contributed by atoms with Gasteiger partial charge in [-0.2, -0.15) is 0 Å². The van der Waals surface area contributed by atoms with Crippen molar-refractivity contribution >= 4 is 11.6 Å². The van der Waals surface area contributed by atoms with Crippen molar-refractivity contribution < 1.29 is 14.8 Å². The molecule has 0 aliphatic carbocycles. The predicted molar refractivity (Wildman–Crippen MR) is 81.1 cm³/mol. The molecule has 1 saturated heterocycles. The Morgan fingerprint density at radius 1 is 1.09 bits per heavy atom. The molecule has 2 aromatic carbocycles. The second kappa shape index (κ2) is 6.41. The molecule has 22 heavy (non-hydrogen) atoms. The van der Waals surface area contributed by atoms with E-state index in [1.54, 1.807) is 0 Å². The van der Waals surface area contributed by atoms with E-state index in [9.17, 15) is 10.0 Å². The van der Waals surface area contributed by atoms with Crippen LogP contribution in [0.5, 0.6) is 0 Å². The second-order valence-electron chi connectivity index (χ2n) is 5.08. The average molecular weight is 296 g/mol. The largest absolute Gasteiger partial charge is 0.391 e. The van der Waals surface area contributed by atoms with E-state index in [1.165, 1.54) is 0 Å². The third-order valence-electron chi connectivity index (χ3n) is 3.57. The van der Waals surface area contributed by atoms with E-state index in [-0.39, 0.29) is 5.71 Å². The van der Waals surface area contributed by atoms with Gasteiger partial charge >= 0.3 is 0 Å². The minimum atomic E-state index is -0.512. The van der Waals surface area contributed by atoms with E-state index in [4.69, 9.17) is 4.84 Å². The fraction of sp³-hybridized carbons (Fsp3) is 0.176. The van der Waals surface area contributed by atoms with Crippen LogP contribution >= 0.6 is 0 Å². The highest BCUT2D eigenvalue weighted by Crippen LogP contribution is 2.29. The van der Waals surface area contributed by atoms with Crippen molar-refractivity contribution in [2.45, 2.75) is 19.1 Å². The Bertz CT molecular complexity index is 671. The van der Waals surface area contributed by atoms with Crippen LogP contribution in [-0.4, -0.2) is 21.9 Å². The number of hydrogen-bond acceptors (Lipinski definition) is 4. The van der Waals surface area contributed by atoms with Crippen molar-refractivity contribution in [3.8, 4) is 0 Å². The minimum absolute atomic E-state index is 0.229. The van der Waals surface area contributed by atoms with Gasteiger partial charge in [0.05, 0.1) is 6.04 Å². The van der Waals surface area contributed by atoms with Gasteiger partial charge in [-0.3, -0.25) is 10.0 Å². The summed E-state index contributed by atoms with van der Waals surface area (Å²) in [6, 6.07) is 18.5. The van der Waals surface area contributed by atoms with Gasteiger partial charge < -0.3 is 4.84 Å². The molecule has 1 heterocycles. The number of hydrogen-bond donors (Lipinski definition) is 1. The van der Waals surface area contributed by atoms with Crippen molar-refractivity contribution in [2.24, 2.45) is 5.16 Å². The molecule has 1 N–H and O–H groups in total. The Balaban J connectivity index is 1.67. The van der Waals surface area contributed by atoms with Gasteiger partial charge in [0.2, 0.25) is 0 Å². The van der Waals surface area contributed by atoms with Gasteiger partial charge in [0.25, 0.3) is 5.91 Å². The third-order valence-corrected chi connectivity index (χ3v) is 3.57. The number of rotatable bonds is 4. The summed E-state index contributed by atoms with van der Waals surface area (Å²) in [5.41, 5.74) is 2.07. The quantitative estimate of drug-likeness (QED) is 0.697. The first-order chi connectivity index (χ1) is 10.8. The highest BCUT2D eigenvalue weighted by atomic mass is 16.6. The van der Waals surface area contributed by atoms with E-state index in [0.29, 0.717) is 13.0 Å². The second-order valence-corrected chi connectivity index (χ2v) is 5.08. The fourth-order valence-corrected chi connectivity index (χ4v) is 2.40. The molecule has 1 amide bonds. The summed E-state index contributed by atoms with van der Waals surface area (Å²) in [4.78, 5) is 17.2. The smallest absolute Gasteiger partial charge is 0.295 e. The SMILES string of the molecule is O=C1/C(=N\OCc2ccccc2)CC(c2ccccc2)N1O. The van der Waals surface area contributed by atoms with Crippen molar-refractivity contribution in [1.29, 1.82) is 0 Å². The summed E-state index contributed by atoms with van der Waals surface area (Å²) in [5.74, 6) is -0.512. The Hall–Kier alpha value is -2.66. The molecule has 1 aliphatic rings. The van der Waals surface area contributed by atoms with E-state index in [1.807, 2.05) is 60.7 Å². The number of carbonyl (C=O) groups is 1. The van der Waals surface area contributed by atoms with Crippen molar-refractivity contribution in [3.05, 3.63) is 71.8 Å². The molecular formula is C17H16N2O3. The zero-order valence-electron chi connectivity index (χ0n) is 11.9. The summed E-state index contributed by atoms with van der Waals surface area (Å²) in [7, 11) is 0. The topological polar surface area (TPSA) is 62.1 Å². The monoisotopic (exact) mass is 296 g/mol. The molecule has 0 radical (unpaired) electrons. The molecular weight excluding hydrogens is 280 g/mol. The van der Waals surface area contributed by atoms with Crippen LogP contribution in [0.3, 0.4) is 0 Å². The molecule has 2 aromatic rings. The molecule has 1 unspecified atom stereocenters. The van der Waals surface area contributed by atoms with Crippen LogP contribution < -0.4 is 0 Å². The van der Waals surface area contributed by atoms with Crippen LogP contribution in [0.15, 0.2) is 65.8 Å². The molecule has 0 bridgehead atoms. The summed E-state index contributed by atoms with van der Waals surface area (Å²) in [5, 5.41) is 14.6. The van der Waals surface area contributed by atoms with Crippen LogP contribution in [0, 0.1) is 0 Å². The minimum Gasteiger partial charge on any atom is -0.391 e. The Kier molecular flexibility index (Phi) is 4.16. The summed E-state index contributed by atoms with van der Waals surface area (Å²) < 4.78 is 0. The van der Waals surface area contributed by atoms with Gasteiger partial charge in [-0.1, -0.05) is 65.8 Å². The molecule has 1 aliphatic heterocycles. The van der Waals surface area contributed by atoms with E-state index in [0.717, 1.165) is 16.2 Å². The lowest BCUT2D eigenvalue weighted by Crippen LogP contribution is -2.25. The summed E-state index contributed by atoms with van der Waals surface area (Å²) >= 11 is 0. The summed E-state index contributed by atoms with van der Waals surface area (Å²) in [6.45, 7) is 0.291. The van der Waals surface area contributed by atoms with E-state index in [2.05, 4.69) is 5.16 Å². The highest BCUT2D eigenvalue weighted by molar-refractivity contribution is 6.40. The molecule has 0 saturated carbocycles. The van der Waals surface area contributed by atoms with E-state index >= 15 is 0 Å². The number of nitrogens with zero attached hydrogens (tertiary/aromatic N) is 2. The van der Waals surface area contributed by atoms with Gasteiger partial charge in [-0.05, 0) is 11.1 Å². The zero-order chi connectivity index (χ0) is 15.4. The lowest BCUT2D eigenvalue weighted by Gasteiger charge is -2.16. The lowest BCUT2D eigenvalue weighted by molar-refractivity contribution is -0.162. The zero-order valence-corrected chi connectivity index (χ0v) is 11.9. The van der Waals surface area contributed by atoms with Crippen LogP contribution in [0.2, 0.25) is 0 Å². The maximum absolute atomic E-state index is 12.0. The van der Waals surface area contributed by atoms with Crippen LogP contribution in [-0.2, 0) is 16.2 Å². The molecule has 0 aromatic heterocycles. The van der Waals surface area contributed by atoms with E-state index < -0.39 is 11.9 Å². The van der Waals surface area contributed by atoms with Crippen LogP contribution in [0.4, 0.5) is 0 Å². The lowest BCUT2D eigenvalue weighted by atomic mass is 10.1. The Morgan fingerprint density at radius 3 is 2.41 bits per heavy atom. The highest BCUT2D eigenvalue weighted by Gasteiger charge is 2.37. The molecule has 1 fully saturated rings. The fourth-order valence-electron chi connectivity index (χ4n) is 2.40. The van der Waals surface area contributed by atoms with Gasteiger partial charge in [0.15, 0.2) is 0 Å². The van der Waals surface area contributed by atoms with Crippen LogP contribution in [0.1, 0.15) is 23.6 Å². The van der Waals surface area contributed by atoms with Gasteiger partial charge in [0, 0.05) is 6.42 Å². The Labute approximate surface area is 128 Å². The normalized spacial score (nSPS) is 19.7. The predicted octanol–water partition coefficient (Wildman–Crippen LogP) is 2.92. The van der Waals surface area contributed by atoms with Gasteiger partial charge in [-0.25, -0.2) is 5.06 Å². The molecule has 1 atom stereocenters. The first-order valence-electron chi connectivity index (χ1n) is 7.06. The van der Waals surface area contributed by atoms with Gasteiger partial charge in [0.1, 0.15) is 12.3 Å². The average Bonchev–Trinajstić information content (AvgIpc) is 2.85.